The number of aromatic nitrogens is 1. The van der Waals surface area contributed by atoms with Gasteiger partial charge in [0.15, 0.2) is 0 Å². The van der Waals surface area contributed by atoms with Crippen LogP contribution in [0.4, 0.5) is 16.3 Å². The third-order valence-electron chi connectivity index (χ3n) is 5.84. The summed E-state index contributed by atoms with van der Waals surface area (Å²) >= 11 is 6.30. The smallest absolute Gasteiger partial charge is 0.317 e. The maximum atomic E-state index is 12.6. The Morgan fingerprint density at radius 2 is 1.67 bits per heavy atom. The third-order valence-corrected chi connectivity index (χ3v) is 6.16. The molecule has 2 aliphatic rings. The lowest BCUT2D eigenvalue weighted by molar-refractivity contribution is 0.194. The molecule has 2 aromatic rings. The molecule has 1 aromatic heterocycles. The van der Waals surface area contributed by atoms with E-state index >= 15 is 0 Å². The number of benzene rings is 1. The van der Waals surface area contributed by atoms with Crippen molar-refractivity contribution >= 4 is 29.1 Å². The number of carbonyl (C=O) groups is 1. The van der Waals surface area contributed by atoms with E-state index in [2.05, 4.69) is 44.2 Å². The van der Waals surface area contributed by atoms with Crippen molar-refractivity contribution in [2.45, 2.75) is 6.54 Å². The SMILES string of the molecule is CN1CCN(c2ccc(CNC(=O)N3CCN(c4ccccc4Cl)CC3)cn2)CC1. The number of piperazine rings is 2. The number of para-hydroxylation sites is 1. The van der Waals surface area contributed by atoms with Crippen LogP contribution in [0.25, 0.3) is 0 Å². The van der Waals surface area contributed by atoms with Crippen LogP contribution in [0.5, 0.6) is 0 Å². The highest BCUT2D eigenvalue weighted by Gasteiger charge is 2.22. The van der Waals surface area contributed by atoms with Gasteiger partial charge in [0.1, 0.15) is 5.82 Å². The van der Waals surface area contributed by atoms with Crippen LogP contribution in [0, 0.1) is 0 Å². The molecule has 0 radical (unpaired) electrons. The van der Waals surface area contributed by atoms with Gasteiger partial charge in [-0.15, -0.1) is 0 Å². The molecule has 0 spiro atoms. The van der Waals surface area contributed by atoms with Crippen molar-refractivity contribution < 1.29 is 4.79 Å². The summed E-state index contributed by atoms with van der Waals surface area (Å²) in [4.78, 5) is 25.9. The van der Waals surface area contributed by atoms with Crippen molar-refractivity contribution in [1.82, 2.24) is 20.1 Å². The Kier molecular flexibility index (Phi) is 6.59. The van der Waals surface area contributed by atoms with Crippen molar-refractivity contribution in [2.75, 3.05) is 69.2 Å². The van der Waals surface area contributed by atoms with Crippen LogP contribution in [-0.2, 0) is 6.54 Å². The van der Waals surface area contributed by atoms with Crippen LogP contribution in [-0.4, -0.2) is 80.2 Å². The first-order valence-corrected chi connectivity index (χ1v) is 10.9. The van der Waals surface area contributed by atoms with Crippen LogP contribution in [0.1, 0.15) is 5.56 Å². The summed E-state index contributed by atoms with van der Waals surface area (Å²) < 4.78 is 0. The van der Waals surface area contributed by atoms with E-state index in [0.717, 1.165) is 61.4 Å². The lowest BCUT2D eigenvalue weighted by Crippen LogP contribution is -2.51. The van der Waals surface area contributed by atoms with Gasteiger partial charge in [0.25, 0.3) is 0 Å². The fraction of sp³-hybridized carbons (Fsp3) is 0.455. The number of nitrogens with one attached hydrogen (secondary N) is 1. The number of likely N-dealkylation sites (N-methyl/N-ethyl adjacent to an activating group) is 1. The van der Waals surface area contributed by atoms with E-state index in [9.17, 15) is 4.79 Å². The molecule has 0 atom stereocenters. The molecule has 4 rings (SSSR count). The second-order valence-corrected chi connectivity index (χ2v) is 8.31. The largest absolute Gasteiger partial charge is 0.367 e. The Balaban J connectivity index is 1.24. The molecule has 0 bridgehead atoms. The number of amides is 2. The minimum atomic E-state index is -0.0306. The molecule has 160 valence electrons. The zero-order chi connectivity index (χ0) is 20.9. The predicted octanol–water partition coefficient (Wildman–Crippen LogP) is 2.52. The molecule has 7 nitrogen and oxygen atoms in total. The molecule has 2 saturated heterocycles. The second kappa shape index (κ2) is 9.53. The lowest BCUT2D eigenvalue weighted by atomic mass is 10.2. The Morgan fingerprint density at radius 3 is 2.33 bits per heavy atom. The highest BCUT2D eigenvalue weighted by molar-refractivity contribution is 6.33. The zero-order valence-corrected chi connectivity index (χ0v) is 18.2. The van der Waals surface area contributed by atoms with E-state index < -0.39 is 0 Å². The topological polar surface area (TPSA) is 55.0 Å². The number of urea groups is 1. The first kappa shape index (κ1) is 20.8. The molecule has 2 aliphatic heterocycles. The molecule has 0 unspecified atom stereocenters. The third kappa shape index (κ3) is 4.96. The van der Waals surface area contributed by atoms with Gasteiger partial charge in [-0.05, 0) is 30.8 Å². The standard InChI is InChI=1S/C22H29ClN6O/c1-26-8-10-28(11-9-26)21-7-6-18(16-24-21)17-25-22(30)29-14-12-27(13-15-29)20-5-3-2-4-19(20)23/h2-7,16H,8-15,17H2,1H3,(H,25,30). The number of rotatable bonds is 4. The van der Waals surface area contributed by atoms with E-state index in [0.29, 0.717) is 19.6 Å². The van der Waals surface area contributed by atoms with Crippen molar-refractivity contribution in [3.8, 4) is 0 Å². The van der Waals surface area contributed by atoms with Crippen LogP contribution in [0.3, 0.4) is 0 Å². The van der Waals surface area contributed by atoms with Crippen LogP contribution < -0.4 is 15.1 Å². The maximum absolute atomic E-state index is 12.6. The molecular formula is C22H29ClN6O. The quantitative estimate of drug-likeness (QED) is 0.811. The van der Waals surface area contributed by atoms with Gasteiger partial charge in [-0.25, -0.2) is 9.78 Å². The summed E-state index contributed by atoms with van der Waals surface area (Å²) in [6, 6.07) is 11.9. The molecule has 1 aromatic carbocycles. The first-order valence-electron chi connectivity index (χ1n) is 10.5. The van der Waals surface area contributed by atoms with Crippen LogP contribution in [0.15, 0.2) is 42.6 Å². The van der Waals surface area contributed by atoms with Crippen LogP contribution in [0.2, 0.25) is 5.02 Å². The van der Waals surface area contributed by atoms with Gasteiger partial charge in [0.2, 0.25) is 0 Å². The summed E-state index contributed by atoms with van der Waals surface area (Å²) in [5.74, 6) is 1.01. The number of nitrogens with zero attached hydrogens (tertiary/aromatic N) is 5. The Morgan fingerprint density at radius 1 is 0.967 bits per heavy atom. The summed E-state index contributed by atoms with van der Waals surface area (Å²) in [6.45, 7) is 7.51. The fourth-order valence-electron chi connectivity index (χ4n) is 3.89. The number of carbonyl (C=O) groups excluding carboxylic acids is 1. The highest BCUT2D eigenvalue weighted by Crippen LogP contribution is 2.26. The van der Waals surface area contributed by atoms with E-state index in [1.165, 1.54) is 0 Å². The normalized spacial score (nSPS) is 17.9. The minimum Gasteiger partial charge on any atom is -0.367 e. The molecule has 3 heterocycles. The summed E-state index contributed by atoms with van der Waals surface area (Å²) in [7, 11) is 2.15. The minimum absolute atomic E-state index is 0.0306. The van der Waals surface area contributed by atoms with E-state index in [1.807, 2.05) is 35.4 Å². The molecule has 30 heavy (non-hydrogen) atoms. The number of hydrogen-bond donors (Lipinski definition) is 1. The molecule has 0 aliphatic carbocycles. The molecular weight excluding hydrogens is 400 g/mol. The van der Waals surface area contributed by atoms with Gasteiger partial charge in [-0.2, -0.15) is 0 Å². The highest BCUT2D eigenvalue weighted by atomic mass is 35.5. The average Bonchev–Trinajstić information content (AvgIpc) is 2.79. The molecule has 0 saturated carbocycles. The van der Waals surface area contributed by atoms with Gasteiger partial charge in [0.05, 0.1) is 10.7 Å². The average molecular weight is 429 g/mol. The maximum Gasteiger partial charge on any atom is 0.317 e. The monoisotopic (exact) mass is 428 g/mol. The van der Waals surface area contributed by atoms with Gasteiger partial charge < -0.3 is 24.9 Å². The van der Waals surface area contributed by atoms with E-state index in [4.69, 9.17) is 11.6 Å². The summed E-state index contributed by atoms with van der Waals surface area (Å²) in [6.07, 6.45) is 1.86. The van der Waals surface area contributed by atoms with Crippen molar-refractivity contribution in [2.24, 2.45) is 0 Å². The van der Waals surface area contributed by atoms with E-state index in [1.54, 1.807) is 0 Å². The molecule has 1 N–H and O–H groups in total. The molecule has 8 heteroatoms. The molecule has 2 fully saturated rings. The van der Waals surface area contributed by atoms with Crippen molar-refractivity contribution in [3.63, 3.8) is 0 Å². The Bertz CT molecular complexity index is 845. The number of halogens is 1. The number of hydrogen-bond acceptors (Lipinski definition) is 5. The lowest BCUT2D eigenvalue weighted by Gasteiger charge is -2.36. The Labute approximate surface area is 183 Å². The predicted molar refractivity (Wildman–Crippen MR) is 121 cm³/mol. The second-order valence-electron chi connectivity index (χ2n) is 7.90. The van der Waals surface area contributed by atoms with Gasteiger partial charge in [-0.1, -0.05) is 29.8 Å². The number of anilines is 2. The van der Waals surface area contributed by atoms with Gasteiger partial charge in [0, 0.05) is 65.1 Å². The fourth-order valence-corrected chi connectivity index (χ4v) is 4.15. The van der Waals surface area contributed by atoms with Gasteiger partial charge in [-0.3, -0.25) is 0 Å². The Hall–Kier alpha value is -2.51. The van der Waals surface area contributed by atoms with Gasteiger partial charge >= 0.3 is 6.03 Å². The summed E-state index contributed by atoms with van der Waals surface area (Å²) in [5, 5.41) is 3.77. The van der Waals surface area contributed by atoms with Crippen molar-refractivity contribution in [3.05, 3.63) is 53.2 Å². The first-order chi connectivity index (χ1) is 14.6. The zero-order valence-electron chi connectivity index (χ0n) is 17.4. The molecule has 2 amide bonds. The number of pyridine rings is 1. The van der Waals surface area contributed by atoms with Crippen molar-refractivity contribution in [1.29, 1.82) is 0 Å². The van der Waals surface area contributed by atoms with E-state index in [-0.39, 0.29) is 6.03 Å². The summed E-state index contributed by atoms with van der Waals surface area (Å²) in [5.41, 5.74) is 2.04. The van der Waals surface area contributed by atoms with Crippen LogP contribution >= 0.6 is 11.6 Å².